The third-order valence-electron chi connectivity index (χ3n) is 6.77. The molecule has 0 bridgehead atoms. The summed E-state index contributed by atoms with van der Waals surface area (Å²) in [7, 11) is 0. The zero-order valence-electron chi connectivity index (χ0n) is 25.8. The number of hydrogen-bond acceptors (Lipinski definition) is 7. The van der Waals surface area contributed by atoms with E-state index in [0.29, 0.717) is 25.6 Å². The molecule has 2 unspecified atom stereocenters. The van der Waals surface area contributed by atoms with Crippen LogP contribution in [0, 0.1) is 0 Å². The molecule has 0 aliphatic rings. The summed E-state index contributed by atoms with van der Waals surface area (Å²) in [6.45, 7) is 9.36. The maximum Gasteiger partial charge on any atom is 0.153 e. The second-order valence-electron chi connectivity index (χ2n) is 10.2. The molecule has 0 amide bonds. The fraction of sp³-hybridized carbons (Fsp3) is 0.343. The number of aryl methyl sites for hydroxylation is 1. The lowest BCUT2D eigenvalue weighted by molar-refractivity contribution is 0.101. The minimum Gasteiger partial charge on any atom is -0.611 e. The first-order chi connectivity index (χ1) is 21.5. The molecule has 1 aromatic heterocycles. The van der Waals surface area contributed by atoms with Crippen LogP contribution in [0.3, 0.4) is 0 Å². The molecule has 0 aliphatic carbocycles. The van der Waals surface area contributed by atoms with E-state index >= 15 is 0 Å². The van der Waals surface area contributed by atoms with Gasteiger partial charge >= 0.3 is 0 Å². The van der Waals surface area contributed by atoms with E-state index in [4.69, 9.17) is 14.2 Å². The minimum absolute atomic E-state index is 0.409. The molecule has 44 heavy (non-hydrogen) atoms. The Hall–Kier alpha value is -3.76. The summed E-state index contributed by atoms with van der Waals surface area (Å²) in [4.78, 5) is 4.92. The van der Waals surface area contributed by atoms with Gasteiger partial charge in [-0.1, -0.05) is 38.1 Å². The highest BCUT2D eigenvalue weighted by atomic mass is 32.2. The van der Waals surface area contributed by atoms with E-state index in [1.165, 1.54) is 0 Å². The molecule has 0 saturated carbocycles. The lowest BCUT2D eigenvalue weighted by atomic mass is 10.0. The number of nitrogens with zero attached hydrogens (tertiary/aromatic N) is 2. The molecule has 3 aromatic carbocycles. The van der Waals surface area contributed by atoms with E-state index < -0.39 is 17.4 Å². The van der Waals surface area contributed by atoms with Gasteiger partial charge in [0.25, 0.3) is 0 Å². The second kappa shape index (κ2) is 17.5. The van der Waals surface area contributed by atoms with Gasteiger partial charge in [0.05, 0.1) is 31.4 Å². The van der Waals surface area contributed by atoms with Crippen LogP contribution in [0.4, 0.5) is 5.69 Å². The number of ether oxygens (including phenoxy) is 3. The largest absolute Gasteiger partial charge is 0.611 e. The van der Waals surface area contributed by atoms with Crippen LogP contribution in [0.2, 0.25) is 0 Å². The first kappa shape index (κ1) is 33.1. The van der Waals surface area contributed by atoms with Crippen LogP contribution in [0.1, 0.15) is 44.9 Å². The molecule has 4 rings (SSSR count). The number of anilines is 1. The Bertz CT molecular complexity index is 1440. The molecule has 0 radical (unpaired) electrons. The summed E-state index contributed by atoms with van der Waals surface area (Å²) < 4.78 is 32.1. The van der Waals surface area contributed by atoms with Gasteiger partial charge in [0.15, 0.2) is 10.6 Å². The summed E-state index contributed by atoms with van der Waals surface area (Å²) in [6.07, 6.45) is 8.14. The maximum atomic E-state index is 12.9. The van der Waals surface area contributed by atoms with Gasteiger partial charge in [0.1, 0.15) is 24.3 Å². The number of rotatable bonds is 18. The predicted octanol–water partition coefficient (Wildman–Crippen LogP) is 6.92. The van der Waals surface area contributed by atoms with Crippen molar-refractivity contribution in [2.45, 2.75) is 57.0 Å². The van der Waals surface area contributed by atoms with Gasteiger partial charge in [-0.3, -0.25) is 0 Å². The van der Waals surface area contributed by atoms with Crippen molar-refractivity contribution in [3.05, 3.63) is 96.6 Å². The van der Waals surface area contributed by atoms with Gasteiger partial charge in [-0.25, -0.2) is 4.98 Å². The van der Waals surface area contributed by atoms with Crippen molar-refractivity contribution in [3.8, 4) is 22.6 Å². The molecule has 1 heterocycles. The Morgan fingerprint density at radius 2 is 1.70 bits per heavy atom. The van der Waals surface area contributed by atoms with Crippen molar-refractivity contribution in [2.24, 2.45) is 0 Å². The standard InChI is InChI=1S/C35H43N3O5S/c1-4-19-38-26-36-24-31(38)25-44(40)33-15-11-30(12-16-33)37-35(39)18-10-29-23-28(9-17-34(29)42-6-3)27-7-13-32(14-8-27)43-22-21-41-20-5-2/h7-18,23-24,26,35,37,39H,4-6,19-22,25H2,1-3H3/b18-10+. The van der Waals surface area contributed by atoms with Crippen molar-refractivity contribution in [1.82, 2.24) is 9.55 Å². The topological polar surface area (TPSA) is 101 Å². The van der Waals surface area contributed by atoms with Crippen molar-refractivity contribution in [2.75, 3.05) is 31.7 Å². The van der Waals surface area contributed by atoms with E-state index in [-0.39, 0.29) is 0 Å². The Balaban J connectivity index is 1.36. The van der Waals surface area contributed by atoms with Crippen LogP contribution in [0.15, 0.2) is 90.2 Å². The summed E-state index contributed by atoms with van der Waals surface area (Å²) in [5, 5.41) is 13.8. The van der Waals surface area contributed by atoms with E-state index in [0.717, 1.165) is 70.5 Å². The number of imidazole rings is 1. The lowest BCUT2D eigenvalue weighted by Crippen LogP contribution is -2.15. The van der Waals surface area contributed by atoms with Crippen molar-refractivity contribution in [3.63, 3.8) is 0 Å². The van der Waals surface area contributed by atoms with Crippen molar-refractivity contribution < 1.29 is 23.9 Å². The molecule has 0 spiro atoms. The molecule has 2 N–H and O–H groups in total. The molecule has 0 aliphatic heterocycles. The summed E-state index contributed by atoms with van der Waals surface area (Å²) >= 11 is -1.19. The summed E-state index contributed by atoms with van der Waals surface area (Å²) in [5.41, 5.74) is 4.60. The Kier molecular flexibility index (Phi) is 13.2. The molecular formula is C35H43N3O5S. The molecule has 8 nitrogen and oxygen atoms in total. The van der Waals surface area contributed by atoms with Crippen LogP contribution >= 0.6 is 0 Å². The Labute approximate surface area is 263 Å². The van der Waals surface area contributed by atoms with E-state index in [1.807, 2.05) is 84.3 Å². The monoisotopic (exact) mass is 617 g/mol. The van der Waals surface area contributed by atoms with E-state index in [2.05, 4.69) is 24.1 Å². The third-order valence-corrected chi connectivity index (χ3v) is 8.13. The fourth-order valence-corrected chi connectivity index (χ4v) is 5.71. The molecule has 234 valence electrons. The van der Waals surface area contributed by atoms with Crippen molar-refractivity contribution >= 4 is 22.9 Å². The molecule has 9 heteroatoms. The summed E-state index contributed by atoms with van der Waals surface area (Å²) in [5.74, 6) is 1.94. The van der Waals surface area contributed by atoms with E-state index in [1.54, 1.807) is 18.6 Å². The average molecular weight is 618 g/mol. The number of aliphatic hydroxyl groups is 1. The molecule has 0 saturated heterocycles. The molecule has 2 atom stereocenters. The molecular weight excluding hydrogens is 574 g/mol. The predicted molar refractivity (Wildman–Crippen MR) is 177 cm³/mol. The summed E-state index contributed by atoms with van der Waals surface area (Å²) in [6, 6.07) is 21.3. The molecule has 0 fully saturated rings. The quantitative estimate of drug-likeness (QED) is 0.0710. The number of hydrogen-bond donors (Lipinski definition) is 2. The Morgan fingerprint density at radius 1 is 0.932 bits per heavy atom. The SMILES string of the molecule is CCCOCCOc1ccc(-c2ccc(OCC)c(/C=C/C(O)Nc3ccc([S+]([O-])Cc4cncn4CCC)cc3)c2)cc1. The van der Waals surface area contributed by atoms with Gasteiger partial charge in [-0.2, -0.15) is 0 Å². The Morgan fingerprint density at radius 3 is 2.43 bits per heavy atom. The zero-order valence-corrected chi connectivity index (χ0v) is 26.6. The number of benzene rings is 3. The van der Waals surface area contributed by atoms with Gasteiger partial charge in [-0.15, -0.1) is 0 Å². The van der Waals surface area contributed by atoms with Gasteiger partial charge in [0.2, 0.25) is 0 Å². The van der Waals surface area contributed by atoms with E-state index in [9.17, 15) is 9.66 Å². The molecule has 4 aromatic rings. The second-order valence-corrected chi connectivity index (χ2v) is 11.7. The van der Waals surface area contributed by atoms with Gasteiger partial charge in [-0.05, 0) is 96.7 Å². The maximum absolute atomic E-state index is 12.9. The van der Waals surface area contributed by atoms with Crippen molar-refractivity contribution in [1.29, 1.82) is 0 Å². The third kappa shape index (κ3) is 9.89. The van der Waals surface area contributed by atoms with Crippen LogP contribution in [0.5, 0.6) is 11.5 Å². The lowest BCUT2D eigenvalue weighted by Gasteiger charge is -2.14. The van der Waals surface area contributed by atoms with Gasteiger partial charge < -0.3 is 33.8 Å². The highest BCUT2D eigenvalue weighted by Gasteiger charge is 2.15. The highest BCUT2D eigenvalue weighted by molar-refractivity contribution is 7.90. The van der Waals surface area contributed by atoms with Crippen LogP contribution < -0.4 is 14.8 Å². The van der Waals surface area contributed by atoms with Crippen LogP contribution in [-0.4, -0.2) is 51.9 Å². The normalized spacial score (nSPS) is 12.8. The number of aromatic nitrogens is 2. The number of aliphatic hydroxyl groups excluding tert-OH is 1. The van der Waals surface area contributed by atoms with Crippen LogP contribution in [0.25, 0.3) is 17.2 Å². The zero-order chi connectivity index (χ0) is 31.1. The van der Waals surface area contributed by atoms with Crippen LogP contribution in [-0.2, 0) is 28.2 Å². The fourth-order valence-electron chi connectivity index (χ4n) is 4.60. The first-order valence-electron chi connectivity index (χ1n) is 15.2. The number of nitrogens with one attached hydrogen (secondary N) is 1. The first-order valence-corrected chi connectivity index (χ1v) is 16.5. The minimum atomic E-state index is -1.19. The van der Waals surface area contributed by atoms with Gasteiger partial charge in [0, 0.05) is 24.4 Å². The highest BCUT2D eigenvalue weighted by Crippen LogP contribution is 2.29. The average Bonchev–Trinajstić information content (AvgIpc) is 3.47. The smallest absolute Gasteiger partial charge is 0.153 e.